The predicted molar refractivity (Wildman–Crippen MR) is 164 cm³/mol. The molecule has 0 aliphatic heterocycles. The second-order valence-corrected chi connectivity index (χ2v) is 13.2. The number of nitrogens with one attached hydrogen (secondary N) is 1. The lowest BCUT2D eigenvalue weighted by atomic mass is 10.0. The molecule has 0 heterocycles. The molecule has 1 N–H and O–H groups in total. The van der Waals surface area contributed by atoms with Crippen molar-refractivity contribution in [3.8, 4) is 0 Å². The molecule has 3 aromatic rings. The lowest BCUT2D eigenvalue weighted by Crippen LogP contribution is -2.54. The fraction of sp³-hybridized carbons (Fsp3) is 0.394. The Kier molecular flexibility index (Phi) is 9.86. The third kappa shape index (κ3) is 8.19. The van der Waals surface area contributed by atoms with Gasteiger partial charge in [-0.05, 0) is 61.9 Å². The van der Waals surface area contributed by atoms with Crippen molar-refractivity contribution in [2.75, 3.05) is 17.1 Å². The van der Waals surface area contributed by atoms with Gasteiger partial charge < -0.3 is 10.2 Å². The van der Waals surface area contributed by atoms with Crippen LogP contribution in [-0.2, 0) is 32.6 Å². The van der Waals surface area contributed by atoms with E-state index in [1.54, 1.807) is 11.0 Å². The van der Waals surface area contributed by atoms with Crippen LogP contribution in [0.1, 0.15) is 53.5 Å². The van der Waals surface area contributed by atoms with Gasteiger partial charge in [-0.3, -0.25) is 13.9 Å². The highest BCUT2D eigenvalue weighted by molar-refractivity contribution is 7.92. The summed E-state index contributed by atoms with van der Waals surface area (Å²) >= 11 is 0. The minimum Gasteiger partial charge on any atom is -0.352 e. The van der Waals surface area contributed by atoms with Crippen molar-refractivity contribution in [1.29, 1.82) is 0 Å². The van der Waals surface area contributed by atoms with Crippen LogP contribution in [0.15, 0.2) is 72.8 Å². The molecule has 0 unspecified atom stereocenters. The summed E-state index contributed by atoms with van der Waals surface area (Å²) in [6.45, 7) is 5.47. The fourth-order valence-corrected chi connectivity index (χ4v) is 6.41. The van der Waals surface area contributed by atoms with E-state index in [1.807, 2.05) is 87.5 Å². The maximum absolute atomic E-state index is 14.3. The van der Waals surface area contributed by atoms with Crippen LogP contribution >= 0.6 is 0 Å². The van der Waals surface area contributed by atoms with Crippen LogP contribution < -0.4 is 9.62 Å². The van der Waals surface area contributed by atoms with E-state index < -0.39 is 28.5 Å². The molecular weight excluding hydrogens is 534 g/mol. The number of hydrogen-bond acceptors (Lipinski definition) is 4. The van der Waals surface area contributed by atoms with Gasteiger partial charge in [0.05, 0.1) is 11.9 Å². The van der Waals surface area contributed by atoms with E-state index in [-0.39, 0.29) is 18.5 Å². The summed E-state index contributed by atoms with van der Waals surface area (Å²) in [5.41, 5.74) is 4.95. The molecule has 7 nitrogen and oxygen atoms in total. The van der Waals surface area contributed by atoms with Gasteiger partial charge in [0.25, 0.3) is 0 Å². The smallest absolute Gasteiger partial charge is 0.244 e. The maximum atomic E-state index is 14.3. The van der Waals surface area contributed by atoms with Gasteiger partial charge in [-0.25, -0.2) is 8.42 Å². The number of anilines is 1. The van der Waals surface area contributed by atoms with Gasteiger partial charge in [0, 0.05) is 19.0 Å². The Morgan fingerprint density at radius 3 is 2.20 bits per heavy atom. The molecule has 0 saturated heterocycles. The number of aryl methyl sites for hydroxylation is 3. The standard InChI is InChI=1S/C33H41N3O4S/c1-24-11-10-14-28(19-24)22-35(32(37)23-36(41(4,39)40)30-20-25(2)17-18-26(30)3)31(21-27-12-6-5-7-13-27)33(38)34-29-15-8-9-16-29/h5-7,10-14,17-20,29,31H,8-9,15-16,21-23H2,1-4H3,(H,34,38)/t31-/m1/s1. The Morgan fingerprint density at radius 1 is 0.878 bits per heavy atom. The first-order valence-corrected chi connectivity index (χ1v) is 16.1. The zero-order chi connectivity index (χ0) is 29.6. The van der Waals surface area contributed by atoms with E-state index in [1.165, 1.54) is 0 Å². The maximum Gasteiger partial charge on any atom is 0.244 e. The lowest BCUT2D eigenvalue weighted by molar-refractivity contribution is -0.140. The largest absolute Gasteiger partial charge is 0.352 e. The monoisotopic (exact) mass is 575 g/mol. The van der Waals surface area contributed by atoms with Crippen LogP contribution in [0.5, 0.6) is 0 Å². The average Bonchev–Trinajstić information content (AvgIpc) is 3.43. The van der Waals surface area contributed by atoms with E-state index in [0.29, 0.717) is 12.1 Å². The Bertz CT molecular complexity index is 1470. The summed E-state index contributed by atoms with van der Waals surface area (Å²) in [5.74, 6) is -0.639. The molecule has 8 heteroatoms. The van der Waals surface area contributed by atoms with Gasteiger partial charge in [0.2, 0.25) is 21.8 Å². The number of carbonyl (C=O) groups is 2. The number of nitrogens with zero attached hydrogens (tertiary/aromatic N) is 2. The molecule has 0 aromatic heterocycles. The summed E-state index contributed by atoms with van der Waals surface area (Å²) < 4.78 is 27.3. The quantitative estimate of drug-likeness (QED) is 0.346. The molecule has 1 saturated carbocycles. The zero-order valence-corrected chi connectivity index (χ0v) is 25.3. The molecule has 0 spiro atoms. The normalized spacial score (nSPS) is 14.4. The van der Waals surface area contributed by atoms with Gasteiger partial charge in [-0.2, -0.15) is 0 Å². The number of amides is 2. The number of sulfonamides is 1. The Morgan fingerprint density at radius 2 is 1.54 bits per heavy atom. The zero-order valence-electron chi connectivity index (χ0n) is 24.5. The van der Waals surface area contributed by atoms with Crippen LogP contribution in [0.4, 0.5) is 5.69 Å². The van der Waals surface area contributed by atoms with Crippen LogP contribution in [0, 0.1) is 20.8 Å². The molecule has 1 aliphatic rings. The van der Waals surface area contributed by atoms with Gasteiger partial charge in [0.15, 0.2) is 0 Å². The van der Waals surface area contributed by atoms with Crippen molar-refractivity contribution >= 4 is 27.5 Å². The molecule has 218 valence electrons. The minimum atomic E-state index is -3.80. The molecule has 0 radical (unpaired) electrons. The Hall–Kier alpha value is -3.65. The molecule has 4 rings (SSSR count). The van der Waals surface area contributed by atoms with E-state index in [2.05, 4.69) is 5.32 Å². The second-order valence-electron chi connectivity index (χ2n) is 11.3. The van der Waals surface area contributed by atoms with Crippen molar-refractivity contribution in [3.63, 3.8) is 0 Å². The lowest BCUT2D eigenvalue weighted by Gasteiger charge is -2.34. The molecular formula is C33H41N3O4S. The van der Waals surface area contributed by atoms with Gasteiger partial charge in [0.1, 0.15) is 12.6 Å². The molecule has 1 fully saturated rings. The molecule has 2 amide bonds. The van der Waals surface area contributed by atoms with E-state index in [4.69, 9.17) is 0 Å². The van der Waals surface area contributed by atoms with Crippen molar-refractivity contribution < 1.29 is 18.0 Å². The minimum absolute atomic E-state index is 0.0826. The third-order valence-corrected chi connectivity index (χ3v) is 8.85. The summed E-state index contributed by atoms with van der Waals surface area (Å²) in [6.07, 6.45) is 5.41. The number of carbonyl (C=O) groups excluding carboxylic acids is 2. The fourth-order valence-electron chi connectivity index (χ4n) is 5.51. The van der Waals surface area contributed by atoms with E-state index in [0.717, 1.165) is 64.1 Å². The highest BCUT2D eigenvalue weighted by Gasteiger charge is 2.34. The number of hydrogen-bond donors (Lipinski definition) is 1. The van der Waals surface area contributed by atoms with Crippen LogP contribution in [-0.4, -0.2) is 50.0 Å². The first-order chi connectivity index (χ1) is 19.5. The highest BCUT2D eigenvalue weighted by atomic mass is 32.2. The molecule has 0 bridgehead atoms. The summed E-state index contributed by atoms with van der Waals surface area (Å²) in [4.78, 5) is 29.8. The summed E-state index contributed by atoms with van der Waals surface area (Å²) in [5, 5.41) is 3.20. The van der Waals surface area contributed by atoms with Gasteiger partial charge >= 0.3 is 0 Å². The van der Waals surface area contributed by atoms with Crippen molar-refractivity contribution in [1.82, 2.24) is 10.2 Å². The molecule has 1 aliphatic carbocycles. The number of benzene rings is 3. The van der Waals surface area contributed by atoms with Gasteiger partial charge in [-0.1, -0.05) is 85.1 Å². The first kappa shape index (κ1) is 30.3. The molecule has 41 heavy (non-hydrogen) atoms. The van der Waals surface area contributed by atoms with Crippen molar-refractivity contribution in [2.45, 2.75) is 71.5 Å². The van der Waals surface area contributed by atoms with Crippen LogP contribution in [0.2, 0.25) is 0 Å². The topological polar surface area (TPSA) is 86.8 Å². The summed E-state index contributed by atoms with van der Waals surface area (Å²) in [7, 11) is -3.80. The Balaban J connectivity index is 1.74. The van der Waals surface area contributed by atoms with Crippen LogP contribution in [0.3, 0.4) is 0 Å². The second kappa shape index (κ2) is 13.3. The SMILES string of the molecule is Cc1cccc(CN(C(=O)CN(c2cc(C)ccc2C)S(C)(=O)=O)[C@H](Cc2ccccc2)C(=O)NC2CCCC2)c1. The van der Waals surface area contributed by atoms with Gasteiger partial charge in [-0.15, -0.1) is 0 Å². The average molecular weight is 576 g/mol. The van der Waals surface area contributed by atoms with Crippen molar-refractivity contribution in [3.05, 3.63) is 101 Å². The van der Waals surface area contributed by atoms with Crippen LogP contribution in [0.25, 0.3) is 0 Å². The summed E-state index contributed by atoms with van der Waals surface area (Å²) in [6, 6.07) is 22.3. The highest BCUT2D eigenvalue weighted by Crippen LogP contribution is 2.25. The molecule has 3 aromatic carbocycles. The number of rotatable bonds is 11. The van der Waals surface area contributed by atoms with E-state index in [9.17, 15) is 18.0 Å². The third-order valence-electron chi connectivity index (χ3n) is 7.72. The van der Waals surface area contributed by atoms with E-state index >= 15 is 0 Å². The van der Waals surface area contributed by atoms with Crippen molar-refractivity contribution in [2.24, 2.45) is 0 Å². The first-order valence-electron chi connectivity index (χ1n) is 14.3. The molecule has 1 atom stereocenters. The predicted octanol–water partition coefficient (Wildman–Crippen LogP) is 5.08. The Labute approximate surface area is 244 Å².